The van der Waals surface area contributed by atoms with Crippen LogP contribution in [0, 0.1) is 6.92 Å². The molecule has 1 aromatic heterocycles. The summed E-state index contributed by atoms with van der Waals surface area (Å²) < 4.78 is 5.28. The van der Waals surface area contributed by atoms with Crippen LogP contribution in [0.2, 0.25) is 0 Å². The number of aromatic amines is 1. The van der Waals surface area contributed by atoms with Crippen molar-refractivity contribution in [1.29, 1.82) is 0 Å². The van der Waals surface area contributed by atoms with E-state index >= 15 is 0 Å². The van der Waals surface area contributed by atoms with Gasteiger partial charge in [-0.25, -0.2) is 4.79 Å². The molecule has 1 aliphatic heterocycles. The zero-order valence-electron chi connectivity index (χ0n) is 17.4. The molecule has 160 valence electrons. The Labute approximate surface area is 180 Å². The molecule has 2 N–H and O–H groups in total. The molecule has 8 heteroatoms. The van der Waals surface area contributed by atoms with Crippen molar-refractivity contribution in [2.45, 2.75) is 19.4 Å². The second-order valence-corrected chi connectivity index (χ2v) is 7.50. The van der Waals surface area contributed by atoms with Crippen molar-refractivity contribution in [3.8, 4) is 16.9 Å². The number of nitrogens with zero attached hydrogens (tertiary/aromatic N) is 3. The van der Waals surface area contributed by atoms with Crippen molar-refractivity contribution in [3.63, 3.8) is 0 Å². The molecule has 4 rings (SSSR count). The fraction of sp³-hybridized carbons (Fsp3) is 0.261. The minimum atomic E-state index is -0.959. The van der Waals surface area contributed by atoms with E-state index in [4.69, 9.17) is 4.74 Å². The average Bonchev–Trinajstić information content (AvgIpc) is 3.42. The number of carbonyl (C=O) groups excluding carboxylic acids is 1. The summed E-state index contributed by atoms with van der Waals surface area (Å²) in [6, 6.07) is 12.3. The monoisotopic (exact) mass is 420 g/mol. The van der Waals surface area contributed by atoms with Gasteiger partial charge in [0.2, 0.25) is 0 Å². The van der Waals surface area contributed by atoms with Crippen molar-refractivity contribution in [2.24, 2.45) is 0 Å². The van der Waals surface area contributed by atoms with E-state index in [0.717, 1.165) is 27.9 Å². The third-order valence-corrected chi connectivity index (χ3v) is 5.59. The third kappa shape index (κ3) is 4.09. The highest BCUT2D eigenvalue weighted by Crippen LogP contribution is 2.33. The number of aryl methyl sites for hydroxylation is 1. The van der Waals surface area contributed by atoms with Gasteiger partial charge in [0, 0.05) is 30.5 Å². The maximum atomic E-state index is 13.3. The lowest BCUT2D eigenvalue weighted by molar-refractivity contribution is -0.138. The van der Waals surface area contributed by atoms with E-state index in [-0.39, 0.29) is 12.5 Å². The number of amides is 2. The Balaban J connectivity index is 1.60. The van der Waals surface area contributed by atoms with Gasteiger partial charge in [-0.1, -0.05) is 18.2 Å². The van der Waals surface area contributed by atoms with Crippen molar-refractivity contribution < 1.29 is 19.4 Å². The molecule has 0 radical (unpaired) electrons. The molecule has 8 nitrogen and oxygen atoms in total. The number of H-pyrrole nitrogens is 1. The molecule has 1 aliphatic rings. The number of carboxylic acid groups (broad SMARTS) is 1. The first-order chi connectivity index (χ1) is 15.0. The molecule has 1 atom stereocenters. The molecule has 3 aromatic rings. The second kappa shape index (κ2) is 8.51. The molecular formula is C23H24N4O4. The predicted octanol–water partition coefficient (Wildman–Crippen LogP) is 3.85. The lowest BCUT2D eigenvalue weighted by Gasteiger charge is -2.27. The number of ether oxygens (including phenoxy) is 1. The summed E-state index contributed by atoms with van der Waals surface area (Å²) in [5.41, 5.74) is 4.58. The van der Waals surface area contributed by atoms with E-state index in [9.17, 15) is 14.7 Å². The van der Waals surface area contributed by atoms with Crippen LogP contribution in [-0.4, -0.2) is 52.4 Å². The van der Waals surface area contributed by atoms with Crippen LogP contribution in [-0.2, 0) is 4.79 Å². The van der Waals surface area contributed by atoms with Crippen LogP contribution in [0.4, 0.5) is 10.5 Å². The number of carbonyl (C=O) groups is 2. The number of hydrogen-bond donors (Lipinski definition) is 2. The van der Waals surface area contributed by atoms with Gasteiger partial charge in [0.15, 0.2) is 0 Å². The molecule has 0 saturated carbocycles. The summed E-state index contributed by atoms with van der Waals surface area (Å²) in [4.78, 5) is 28.2. The fourth-order valence-corrected chi connectivity index (χ4v) is 4.04. The molecule has 1 saturated heterocycles. The number of aromatic nitrogens is 2. The Kier molecular flexibility index (Phi) is 5.62. The SMILES string of the molecule is COc1cccc(C(CC(=O)O)N2CCN(c3ccc(-c4cn[nH]c4)c(C)c3)C2=O)c1. The summed E-state index contributed by atoms with van der Waals surface area (Å²) in [5.74, 6) is -0.332. The smallest absolute Gasteiger partial charge is 0.325 e. The molecule has 2 aromatic carbocycles. The summed E-state index contributed by atoms with van der Waals surface area (Å²) >= 11 is 0. The number of carboxylic acids is 1. The summed E-state index contributed by atoms with van der Waals surface area (Å²) in [6.45, 7) is 2.92. The van der Waals surface area contributed by atoms with Crippen LogP contribution in [0.5, 0.6) is 5.75 Å². The van der Waals surface area contributed by atoms with Gasteiger partial charge in [-0.05, 0) is 47.9 Å². The van der Waals surface area contributed by atoms with Gasteiger partial charge in [-0.15, -0.1) is 0 Å². The van der Waals surface area contributed by atoms with Crippen molar-refractivity contribution in [2.75, 3.05) is 25.1 Å². The van der Waals surface area contributed by atoms with Gasteiger partial charge in [-0.3, -0.25) is 14.8 Å². The number of rotatable bonds is 7. The summed E-state index contributed by atoms with van der Waals surface area (Å²) in [5, 5.41) is 16.3. The van der Waals surface area contributed by atoms with Crippen LogP contribution in [0.1, 0.15) is 23.6 Å². The fourth-order valence-electron chi connectivity index (χ4n) is 4.04. The highest BCUT2D eigenvalue weighted by Gasteiger charge is 2.36. The Morgan fingerprint density at radius 2 is 2.10 bits per heavy atom. The van der Waals surface area contributed by atoms with Crippen LogP contribution < -0.4 is 9.64 Å². The lowest BCUT2D eigenvalue weighted by atomic mass is 10.0. The Morgan fingerprint density at radius 3 is 2.77 bits per heavy atom. The van der Waals surface area contributed by atoms with Gasteiger partial charge in [0.1, 0.15) is 5.75 Å². The average molecular weight is 420 g/mol. The topological polar surface area (TPSA) is 98.8 Å². The van der Waals surface area contributed by atoms with E-state index in [0.29, 0.717) is 18.8 Å². The standard InChI is InChI=1S/C23H24N4O4/c1-15-10-18(6-7-20(15)17-13-24-25-14-17)26-8-9-27(23(26)30)21(12-22(28)29)16-4-3-5-19(11-16)31-2/h3-7,10-11,13-14,21H,8-9,12H2,1-2H3,(H,24,25)(H,28,29). The van der Waals surface area contributed by atoms with Gasteiger partial charge in [0.05, 0.1) is 25.8 Å². The Morgan fingerprint density at radius 1 is 1.26 bits per heavy atom. The van der Waals surface area contributed by atoms with Crippen LogP contribution in [0.15, 0.2) is 54.9 Å². The normalized spacial score (nSPS) is 14.7. The summed E-state index contributed by atoms with van der Waals surface area (Å²) in [6.07, 6.45) is 3.41. The minimum absolute atomic E-state index is 0.175. The highest BCUT2D eigenvalue weighted by molar-refractivity contribution is 5.95. The Bertz CT molecular complexity index is 1100. The van der Waals surface area contributed by atoms with Crippen molar-refractivity contribution in [3.05, 3.63) is 66.0 Å². The molecule has 2 amide bonds. The van der Waals surface area contributed by atoms with E-state index in [2.05, 4.69) is 10.2 Å². The molecular weight excluding hydrogens is 396 g/mol. The molecule has 31 heavy (non-hydrogen) atoms. The van der Waals surface area contributed by atoms with Gasteiger partial charge in [0.25, 0.3) is 0 Å². The zero-order chi connectivity index (χ0) is 22.0. The number of nitrogens with one attached hydrogen (secondary N) is 1. The minimum Gasteiger partial charge on any atom is -0.497 e. The number of methoxy groups -OCH3 is 1. The number of aliphatic carboxylic acids is 1. The maximum absolute atomic E-state index is 13.3. The number of urea groups is 1. The predicted molar refractivity (Wildman–Crippen MR) is 116 cm³/mol. The lowest BCUT2D eigenvalue weighted by Crippen LogP contribution is -2.35. The molecule has 0 spiro atoms. The Hall–Kier alpha value is -3.81. The van der Waals surface area contributed by atoms with Crippen LogP contribution in [0.3, 0.4) is 0 Å². The third-order valence-electron chi connectivity index (χ3n) is 5.59. The number of anilines is 1. The van der Waals surface area contributed by atoms with Crippen LogP contribution in [0.25, 0.3) is 11.1 Å². The largest absolute Gasteiger partial charge is 0.497 e. The van der Waals surface area contributed by atoms with E-state index < -0.39 is 12.0 Å². The maximum Gasteiger partial charge on any atom is 0.325 e. The van der Waals surface area contributed by atoms with Gasteiger partial charge in [-0.2, -0.15) is 5.10 Å². The molecule has 2 heterocycles. The highest BCUT2D eigenvalue weighted by atomic mass is 16.5. The molecule has 0 bridgehead atoms. The first-order valence-corrected chi connectivity index (χ1v) is 10.0. The molecule has 1 fully saturated rings. The van der Waals surface area contributed by atoms with Crippen molar-refractivity contribution in [1.82, 2.24) is 15.1 Å². The quantitative estimate of drug-likeness (QED) is 0.605. The van der Waals surface area contributed by atoms with Crippen molar-refractivity contribution >= 4 is 17.7 Å². The number of hydrogen-bond acceptors (Lipinski definition) is 4. The van der Waals surface area contributed by atoms with Gasteiger partial charge < -0.3 is 14.7 Å². The molecule has 0 aliphatic carbocycles. The first kappa shape index (κ1) is 20.5. The van der Waals surface area contributed by atoms with E-state index in [1.807, 2.05) is 37.4 Å². The van der Waals surface area contributed by atoms with Gasteiger partial charge >= 0.3 is 12.0 Å². The number of benzene rings is 2. The summed E-state index contributed by atoms with van der Waals surface area (Å²) in [7, 11) is 1.56. The zero-order valence-corrected chi connectivity index (χ0v) is 17.4. The first-order valence-electron chi connectivity index (χ1n) is 10.0. The molecule has 1 unspecified atom stereocenters. The van der Waals surface area contributed by atoms with E-state index in [1.165, 1.54) is 0 Å². The van der Waals surface area contributed by atoms with E-state index in [1.54, 1.807) is 41.3 Å². The second-order valence-electron chi connectivity index (χ2n) is 7.50. The van der Waals surface area contributed by atoms with Crippen LogP contribution >= 0.6 is 0 Å².